The molecule has 3 aromatic rings. The fraction of sp³-hybridized carbons (Fsp3) is 0.393. The van der Waals surface area contributed by atoms with Crippen LogP contribution in [0.15, 0.2) is 60.7 Å². The van der Waals surface area contributed by atoms with Gasteiger partial charge in [0.15, 0.2) is 5.78 Å². The molecule has 9 heteroatoms. The molecule has 1 unspecified atom stereocenters. The number of methoxy groups -OCH3 is 1. The zero-order valence-corrected chi connectivity index (χ0v) is 23.1. The number of aryl methyl sites for hydroxylation is 1. The highest BCUT2D eigenvalue weighted by molar-refractivity contribution is 8.00. The van der Waals surface area contributed by atoms with Crippen LogP contribution in [0.4, 0.5) is 10.6 Å². The summed E-state index contributed by atoms with van der Waals surface area (Å²) < 4.78 is 5.96. The van der Waals surface area contributed by atoms with Gasteiger partial charge in [-0.1, -0.05) is 51.1 Å². The molecule has 1 heterocycles. The Hall–Kier alpha value is -3.46. The lowest BCUT2D eigenvalue weighted by molar-refractivity contribution is -0.129. The molecule has 3 N–H and O–H groups in total. The third kappa shape index (κ3) is 7.07. The number of Topliss-reactive ketones (excluding diaryl/α,β-unsaturated/α-hetero) is 1. The van der Waals surface area contributed by atoms with Crippen molar-refractivity contribution in [3.05, 3.63) is 71.9 Å². The fourth-order valence-electron chi connectivity index (χ4n) is 4.15. The van der Waals surface area contributed by atoms with Crippen LogP contribution in [0.3, 0.4) is 0 Å². The molecule has 3 rings (SSSR count). The Bertz CT molecular complexity index is 1210. The summed E-state index contributed by atoms with van der Waals surface area (Å²) in [7, 11) is 1.61. The van der Waals surface area contributed by atoms with Crippen LogP contribution in [0.5, 0.6) is 5.75 Å². The second-order valence-electron chi connectivity index (χ2n) is 10.1. The number of para-hydroxylation sites is 1. The SMILES string of the molecule is COc1ccc(CS[C@@](C)(C(=O)C(C)(C)C)C(CNc2cc(C)nn2-c2ccccc2)NC(=O)O)cc1. The first-order valence-corrected chi connectivity index (χ1v) is 13.1. The number of amides is 1. The van der Waals surface area contributed by atoms with Crippen LogP contribution in [0.1, 0.15) is 39.0 Å². The number of thioether (sulfide) groups is 1. The van der Waals surface area contributed by atoms with Crippen molar-refractivity contribution < 1.29 is 19.4 Å². The van der Waals surface area contributed by atoms with Crippen molar-refractivity contribution >= 4 is 29.5 Å². The number of aromatic nitrogens is 2. The van der Waals surface area contributed by atoms with Crippen LogP contribution in [0.2, 0.25) is 0 Å². The number of rotatable bonds is 11. The second kappa shape index (κ2) is 11.7. The Morgan fingerprint density at radius 1 is 1.08 bits per heavy atom. The molecule has 37 heavy (non-hydrogen) atoms. The van der Waals surface area contributed by atoms with Crippen molar-refractivity contribution in [3.8, 4) is 11.4 Å². The van der Waals surface area contributed by atoms with E-state index in [0.29, 0.717) is 11.6 Å². The van der Waals surface area contributed by atoms with E-state index in [0.717, 1.165) is 22.7 Å². The molecular formula is C28H36N4O4S. The average Bonchev–Trinajstić information content (AvgIpc) is 3.25. The van der Waals surface area contributed by atoms with Gasteiger partial charge in [0.25, 0.3) is 0 Å². The van der Waals surface area contributed by atoms with Gasteiger partial charge >= 0.3 is 6.09 Å². The zero-order chi connectivity index (χ0) is 27.2. The minimum absolute atomic E-state index is 0.0354. The minimum Gasteiger partial charge on any atom is -0.497 e. The van der Waals surface area contributed by atoms with Crippen molar-refractivity contribution in [1.82, 2.24) is 15.1 Å². The average molecular weight is 525 g/mol. The highest BCUT2D eigenvalue weighted by Gasteiger charge is 2.47. The number of ketones is 1. The highest BCUT2D eigenvalue weighted by Crippen LogP contribution is 2.39. The molecule has 0 aliphatic heterocycles. The molecule has 1 amide bonds. The van der Waals surface area contributed by atoms with Crippen molar-refractivity contribution in [2.75, 3.05) is 19.0 Å². The lowest BCUT2D eigenvalue weighted by atomic mass is 9.80. The first-order chi connectivity index (χ1) is 17.4. The van der Waals surface area contributed by atoms with Gasteiger partial charge in [0.1, 0.15) is 11.6 Å². The molecular weight excluding hydrogens is 488 g/mol. The van der Waals surface area contributed by atoms with Crippen LogP contribution in [0, 0.1) is 12.3 Å². The molecule has 2 atom stereocenters. The summed E-state index contributed by atoms with van der Waals surface area (Å²) >= 11 is 1.44. The van der Waals surface area contributed by atoms with Crippen molar-refractivity contribution in [1.29, 1.82) is 0 Å². The van der Waals surface area contributed by atoms with Gasteiger partial charge in [-0.05, 0) is 43.7 Å². The summed E-state index contributed by atoms with van der Waals surface area (Å²) in [6, 6.07) is 18.5. The van der Waals surface area contributed by atoms with Gasteiger partial charge in [0, 0.05) is 23.8 Å². The Balaban J connectivity index is 1.91. The largest absolute Gasteiger partial charge is 0.497 e. The van der Waals surface area contributed by atoms with Gasteiger partial charge in [-0.25, -0.2) is 9.48 Å². The van der Waals surface area contributed by atoms with Crippen LogP contribution in [-0.2, 0) is 10.5 Å². The van der Waals surface area contributed by atoms with E-state index in [1.807, 2.05) is 95.3 Å². The van der Waals surface area contributed by atoms with Crippen LogP contribution < -0.4 is 15.4 Å². The maximum absolute atomic E-state index is 13.8. The fourth-order valence-corrected chi connectivity index (χ4v) is 5.59. The molecule has 0 fully saturated rings. The van der Waals surface area contributed by atoms with E-state index in [1.165, 1.54) is 11.8 Å². The Kier molecular flexibility index (Phi) is 8.91. The summed E-state index contributed by atoms with van der Waals surface area (Å²) in [5.41, 5.74) is 2.03. The molecule has 0 radical (unpaired) electrons. The van der Waals surface area contributed by atoms with Crippen LogP contribution in [-0.4, -0.2) is 51.2 Å². The monoisotopic (exact) mass is 524 g/mol. The summed E-state index contributed by atoms with van der Waals surface area (Å²) in [6.07, 6.45) is -1.18. The second-order valence-corrected chi connectivity index (χ2v) is 11.5. The van der Waals surface area contributed by atoms with Gasteiger partial charge in [-0.15, -0.1) is 11.8 Å². The smallest absolute Gasteiger partial charge is 0.405 e. The van der Waals surface area contributed by atoms with E-state index >= 15 is 0 Å². The third-order valence-corrected chi connectivity index (χ3v) is 7.66. The summed E-state index contributed by atoms with van der Waals surface area (Å²) in [5, 5.41) is 20.3. The highest BCUT2D eigenvalue weighted by atomic mass is 32.2. The number of carbonyl (C=O) groups excluding carboxylic acids is 1. The number of hydrogen-bond donors (Lipinski definition) is 3. The standard InChI is InChI=1S/C28H36N4O4S/c1-19-16-24(32(31-19)21-10-8-7-9-11-21)29-17-23(30-26(34)35)28(5,25(33)27(2,3)4)37-18-20-12-14-22(36-6)15-13-20/h7-16,23,29-30H,17-18H2,1-6H3,(H,34,35)/t23?,28-/m1/s1. The van der Waals surface area contributed by atoms with E-state index in [9.17, 15) is 14.7 Å². The number of nitrogens with zero attached hydrogens (tertiary/aromatic N) is 2. The quantitative estimate of drug-likeness (QED) is 0.302. The number of ether oxygens (including phenoxy) is 1. The molecule has 0 saturated carbocycles. The molecule has 2 aromatic carbocycles. The van der Waals surface area contributed by atoms with Gasteiger partial charge in [0.05, 0.1) is 29.3 Å². The minimum atomic E-state index is -1.18. The first kappa shape index (κ1) is 28.1. The normalized spacial score (nSPS) is 13.9. The molecule has 0 aliphatic carbocycles. The maximum atomic E-state index is 13.8. The van der Waals surface area contributed by atoms with Gasteiger partial charge in [0.2, 0.25) is 0 Å². The predicted molar refractivity (Wildman–Crippen MR) is 149 cm³/mol. The first-order valence-electron chi connectivity index (χ1n) is 12.1. The molecule has 8 nitrogen and oxygen atoms in total. The Morgan fingerprint density at radius 3 is 2.30 bits per heavy atom. The van der Waals surface area contributed by atoms with E-state index < -0.39 is 22.3 Å². The van der Waals surface area contributed by atoms with E-state index in [4.69, 9.17) is 4.74 Å². The maximum Gasteiger partial charge on any atom is 0.405 e. The number of nitrogens with one attached hydrogen (secondary N) is 2. The number of anilines is 1. The molecule has 0 spiro atoms. The lowest BCUT2D eigenvalue weighted by Crippen LogP contribution is -2.59. The number of carboxylic acid groups (broad SMARTS) is 1. The van der Waals surface area contributed by atoms with Gasteiger partial charge < -0.3 is 20.5 Å². The lowest BCUT2D eigenvalue weighted by Gasteiger charge is -2.40. The summed E-state index contributed by atoms with van der Waals surface area (Å²) in [5.74, 6) is 1.96. The number of carbonyl (C=O) groups is 2. The summed E-state index contributed by atoms with van der Waals surface area (Å²) in [4.78, 5) is 25.7. The zero-order valence-electron chi connectivity index (χ0n) is 22.2. The van der Waals surface area contributed by atoms with Crippen molar-refractivity contribution in [2.24, 2.45) is 5.41 Å². The Labute approximate surface area is 222 Å². The molecule has 0 bridgehead atoms. The number of hydrogen-bond acceptors (Lipinski definition) is 6. The molecule has 1 aromatic heterocycles. The Morgan fingerprint density at radius 2 is 1.73 bits per heavy atom. The molecule has 0 aliphatic rings. The summed E-state index contributed by atoms with van der Waals surface area (Å²) in [6.45, 7) is 9.51. The van der Waals surface area contributed by atoms with Crippen LogP contribution >= 0.6 is 11.8 Å². The molecule has 0 saturated heterocycles. The molecule has 198 valence electrons. The number of benzene rings is 2. The van der Waals surface area contributed by atoms with E-state index in [-0.39, 0.29) is 12.3 Å². The predicted octanol–water partition coefficient (Wildman–Crippen LogP) is 5.54. The van der Waals surface area contributed by atoms with Crippen molar-refractivity contribution in [2.45, 2.75) is 51.2 Å². The van der Waals surface area contributed by atoms with E-state index in [2.05, 4.69) is 15.7 Å². The van der Waals surface area contributed by atoms with Gasteiger partial charge in [-0.3, -0.25) is 4.79 Å². The topological polar surface area (TPSA) is 105 Å². The third-order valence-electron chi connectivity index (χ3n) is 6.11. The van der Waals surface area contributed by atoms with Crippen molar-refractivity contribution in [3.63, 3.8) is 0 Å². The van der Waals surface area contributed by atoms with E-state index in [1.54, 1.807) is 11.8 Å². The van der Waals surface area contributed by atoms with Crippen LogP contribution in [0.25, 0.3) is 5.69 Å². The van der Waals surface area contributed by atoms with Gasteiger partial charge in [-0.2, -0.15) is 5.10 Å².